The van der Waals surface area contributed by atoms with Crippen molar-refractivity contribution in [3.63, 3.8) is 0 Å². The SMILES string of the molecule is C=CCc1ccc(OCCNC(C)Cc2cc(C(N)=O)c3c(ccn3CCCO)c2)c(OCC2CC2)c1. The molecule has 7 heteroatoms. The molecule has 1 saturated carbocycles. The van der Waals surface area contributed by atoms with Crippen LogP contribution in [0.1, 0.15) is 47.7 Å². The first-order chi connectivity index (χ1) is 18.0. The highest BCUT2D eigenvalue weighted by Crippen LogP contribution is 2.33. The van der Waals surface area contributed by atoms with Gasteiger partial charge in [0.25, 0.3) is 5.91 Å². The van der Waals surface area contributed by atoms with E-state index in [2.05, 4.69) is 37.0 Å². The van der Waals surface area contributed by atoms with E-state index in [0.717, 1.165) is 53.0 Å². The minimum atomic E-state index is -0.441. The van der Waals surface area contributed by atoms with E-state index < -0.39 is 5.91 Å². The molecule has 198 valence electrons. The molecule has 4 rings (SSSR count). The highest BCUT2D eigenvalue weighted by atomic mass is 16.5. The number of aromatic nitrogens is 1. The molecular formula is C30H39N3O4. The third-order valence-electron chi connectivity index (χ3n) is 6.70. The van der Waals surface area contributed by atoms with Crippen molar-refractivity contribution in [3.05, 3.63) is 71.9 Å². The van der Waals surface area contributed by atoms with Gasteiger partial charge in [-0.2, -0.15) is 0 Å². The second-order valence-corrected chi connectivity index (χ2v) is 9.97. The zero-order valence-corrected chi connectivity index (χ0v) is 21.7. The van der Waals surface area contributed by atoms with E-state index in [1.54, 1.807) is 0 Å². The zero-order valence-electron chi connectivity index (χ0n) is 21.7. The summed E-state index contributed by atoms with van der Waals surface area (Å²) in [6.45, 7) is 8.63. The molecule has 3 aromatic rings. The van der Waals surface area contributed by atoms with Crippen LogP contribution in [0.4, 0.5) is 0 Å². The molecule has 0 saturated heterocycles. The fourth-order valence-corrected chi connectivity index (χ4v) is 4.61. The number of aliphatic hydroxyl groups is 1. The summed E-state index contributed by atoms with van der Waals surface area (Å²) in [5.74, 6) is 1.80. The maximum atomic E-state index is 12.2. The van der Waals surface area contributed by atoms with Crippen molar-refractivity contribution >= 4 is 16.8 Å². The quantitative estimate of drug-likeness (QED) is 0.200. The number of nitrogens with one attached hydrogen (secondary N) is 1. The van der Waals surface area contributed by atoms with E-state index in [0.29, 0.717) is 37.6 Å². The second kappa shape index (κ2) is 12.8. The van der Waals surface area contributed by atoms with Gasteiger partial charge in [-0.3, -0.25) is 4.79 Å². The summed E-state index contributed by atoms with van der Waals surface area (Å²) < 4.78 is 14.1. The Balaban J connectivity index is 1.33. The minimum Gasteiger partial charge on any atom is -0.489 e. The van der Waals surface area contributed by atoms with Crippen molar-refractivity contribution in [1.29, 1.82) is 0 Å². The van der Waals surface area contributed by atoms with Crippen LogP contribution in [0.2, 0.25) is 0 Å². The van der Waals surface area contributed by atoms with Gasteiger partial charge in [-0.1, -0.05) is 12.1 Å². The lowest BCUT2D eigenvalue weighted by atomic mass is 10.0. The summed E-state index contributed by atoms with van der Waals surface area (Å²) >= 11 is 0. The molecule has 0 bridgehead atoms. The van der Waals surface area contributed by atoms with Gasteiger partial charge in [0.1, 0.15) is 6.61 Å². The van der Waals surface area contributed by atoms with Gasteiger partial charge in [-0.05, 0) is 86.4 Å². The van der Waals surface area contributed by atoms with Crippen molar-refractivity contribution in [2.75, 3.05) is 26.4 Å². The molecule has 1 heterocycles. The first kappa shape index (κ1) is 26.8. The molecule has 0 aliphatic heterocycles. The average molecular weight is 506 g/mol. The monoisotopic (exact) mass is 505 g/mol. The summed E-state index contributed by atoms with van der Waals surface area (Å²) in [5, 5.41) is 13.7. The van der Waals surface area contributed by atoms with Gasteiger partial charge in [0, 0.05) is 37.3 Å². The molecule has 7 nitrogen and oxygen atoms in total. The Labute approximate surface area is 219 Å². The molecule has 1 aromatic heterocycles. The first-order valence-electron chi connectivity index (χ1n) is 13.2. The third-order valence-corrected chi connectivity index (χ3v) is 6.70. The maximum Gasteiger partial charge on any atom is 0.250 e. The zero-order chi connectivity index (χ0) is 26.2. The number of nitrogens with two attached hydrogens (primary N) is 1. The van der Waals surface area contributed by atoms with Crippen molar-refractivity contribution in [2.45, 2.75) is 51.6 Å². The van der Waals surface area contributed by atoms with Gasteiger partial charge >= 0.3 is 0 Å². The Morgan fingerprint density at radius 2 is 2.05 bits per heavy atom. The second-order valence-electron chi connectivity index (χ2n) is 9.97. The van der Waals surface area contributed by atoms with Crippen LogP contribution in [-0.4, -0.2) is 48.0 Å². The molecule has 0 spiro atoms. The number of allylic oxidation sites excluding steroid dienone is 1. The van der Waals surface area contributed by atoms with E-state index in [1.165, 1.54) is 12.8 Å². The van der Waals surface area contributed by atoms with Crippen LogP contribution in [0.25, 0.3) is 10.9 Å². The van der Waals surface area contributed by atoms with Gasteiger partial charge in [0.15, 0.2) is 11.5 Å². The van der Waals surface area contributed by atoms with Gasteiger partial charge < -0.3 is 30.2 Å². The van der Waals surface area contributed by atoms with E-state index in [-0.39, 0.29) is 12.6 Å². The third kappa shape index (κ3) is 7.37. The molecule has 1 amide bonds. The summed E-state index contributed by atoms with van der Waals surface area (Å²) in [6.07, 6.45) is 8.51. The lowest BCUT2D eigenvalue weighted by Crippen LogP contribution is -2.32. The minimum absolute atomic E-state index is 0.103. The summed E-state index contributed by atoms with van der Waals surface area (Å²) in [6, 6.07) is 12.3. The molecule has 1 fully saturated rings. The van der Waals surface area contributed by atoms with Crippen molar-refractivity contribution < 1.29 is 19.4 Å². The maximum absolute atomic E-state index is 12.2. The number of carbonyl (C=O) groups excluding carboxylic acids is 1. The van der Waals surface area contributed by atoms with Crippen molar-refractivity contribution in [2.24, 2.45) is 11.7 Å². The number of ether oxygens (including phenoxy) is 2. The molecule has 1 aliphatic carbocycles. The molecule has 37 heavy (non-hydrogen) atoms. The van der Waals surface area contributed by atoms with E-state index in [9.17, 15) is 9.90 Å². The Morgan fingerprint density at radius 3 is 2.78 bits per heavy atom. The molecular weight excluding hydrogens is 466 g/mol. The van der Waals surface area contributed by atoms with Crippen LogP contribution in [0.3, 0.4) is 0 Å². The first-order valence-corrected chi connectivity index (χ1v) is 13.2. The number of hydrogen-bond donors (Lipinski definition) is 3. The van der Waals surface area contributed by atoms with Crippen molar-refractivity contribution in [1.82, 2.24) is 9.88 Å². The normalized spacial score (nSPS) is 14.0. The lowest BCUT2D eigenvalue weighted by molar-refractivity contribution is 0.100. The number of benzene rings is 2. The van der Waals surface area contributed by atoms with Crippen LogP contribution in [-0.2, 0) is 19.4 Å². The van der Waals surface area contributed by atoms with Crippen LogP contribution in [0, 0.1) is 5.92 Å². The number of carbonyl (C=O) groups is 1. The summed E-state index contributed by atoms with van der Waals surface area (Å²) in [4.78, 5) is 12.2. The number of nitrogens with zero attached hydrogens (tertiary/aromatic N) is 1. The fourth-order valence-electron chi connectivity index (χ4n) is 4.61. The van der Waals surface area contributed by atoms with E-state index >= 15 is 0 Å². The van der Waals surface area contributed by atoms with E-state index in [1.807, 2.05) is 35.0 Å². The predicted octanol–water partition coefficient (Wildman–Crippen LogP) is 4.24. The number of rotatable bonds is 16. The molecule has 4 N–H and O–H groups in total. The predicted molar refractivity (Wildman–Crippen MR) is 147 cm³/mol. The van der Waals surface area contributed by atoms with Gasteiger partial charge in [-0.15, -0.1) is 6.58 Å². The van der Waals surface area contributed by atoms with Crippen molar-refractivity contribution in [3.8, 4) is 11.5 Å². The smallest absolute Gasteiger partial charge is 0.250 e. The Hall–Kier alpha value is -3.29. The molecule has 1 atom stereocenters. The number of primary amides is 1. The van der Waals surface area contributed by atoms with Crippen LogP contribution in [0.5, 0.6) is 11.5 Å². The highest BCUT2D eigenvalue weighted by molar-refractivity contribution is 6.05. The van der Waals surface area contributed by atoms with Gasteiger partial charge in [0.2, 0.25) is 0 Å². The molecule has 1 aliphatic rings. The standard InChI is InChI=1S/C30H39N3O4/c1-3-5-22-8-9-27(28(19-22)37-20-23-6-7-23)36-15-11-32-21(2)16-24-17-25-10-13-33(12-4-14-34)29(25)26(18-24)30(31)35/h3,8-10,13,17-19,21,23,32,34H,1,4-7,11-12,14-16,20H2,2H3,(H2,31,35). The topological polar surface area (TPSA) is 98.7 Å². The van der Waals surface area contributed by atoms with Gasteiger partial charge in [0.05, 0.1) is 17.7 Å². The number of fused-ring (bicyclic) bond motifs is 1. The van der Waals surface area contributed by atoms with Crippen LogP contribution in [0.15, 0.2) is 55.3 Å². The number of aliphatic hydroxyl groups excluding tert-OH is 1. The number of hydrogen-bond acceptors (Lipinski definition) is 5. The van der Waals surface area contributed by atoms with Gasteiger partial charge in [-0.25, -0.2) is 0 Å². The van der Waals surface area contributed by atoms with E-state index in [4.69, 9.17) is 15.2 Å². The average Bonchev–Trinajstić information content (AvgIpc) is 3.63. The van der Waals surface area contributed by atoms with Crippen LogP contribution < -0.4 is 20.5 Å². The molecule has 0 radical (unpaired) electrons. The molecule has 2 aromatic carbocycles. The van der Waals surface area contributed by atoms with Crippen LogP contribution >= 0.6 is 0 Å². The molecule has 1 unspecified atom stereocenters. The summed E-state index contributed by atoms with van der Waals surface area (Å²) in [5.41, 5.74) is 9.28. The largest absolute Gasteiger partial charge is 0.489 e. The number of aryl methyl sites for hydroxylation is 1. The Bertz CT molecular complexity index is 1220. The Morgan fingerprint density at radius 1 is 1.22 bits per heavy atom. The number of amides is 1. The fraction of sp³-hybridized carbons (Fsp3) is 0.433. The summed E-state index contributed by atoms with van der Waals surface area (Å²) in [7, 11) is 0. The Kier molecular flexibility index (Phi) is 9.25. The highest BCUT2D eigenvalue weighted by Gasteiger charge is 2.22. The lowest BCUT2D eigenvalue weighted by Gasteiger charge is -2.17.